The van der Waals surface area contributed by atoms with Crippen molar-refractivity contribution in [2.24, 2.45) is 5.92 Å². The minimum atomic E-state index is -0.542. The highest BCUT2D eigenvalue weighted by Crippen LogP contribution is 2.10. The van der Waals surface area contributed by atoms with Crippen molar-refractivity contribution in [3.8, 4) is 6.07 Å². The maximum absolute atomic E-state index is 11.6. The number of nitrogens with one attached hydrogen (secondary N) is 1. The quantitative estimate of drug-likeness (QED) is 0.863. The first-order valence-corrected chi connectivity index (χ1v) is 5.82. The molecule has 0 heterocycles. The molecule has 0 bridgehead atoms. The van der Waals surface area contributed by atoms with E-state index in [1.165, 1.54) is 5.56 Å². The van der Waals surface area contributed by atoms with Gasteiger partial charge in [-0.15, -0.1) is 0 Å². The van der Waals surface area contributed by atoms with Gasteiger partial charge in [-0.1, -0.05) is 30.7 Å². The van der Waals surface area contributed by atoms with Crippen LogP contribution in [0.1, 0.15) is 30.0 Å². The first-order chi connectivity index (χ1) is 8.08. The lowest BCUT2D eigenvalue weighted by atomic mass is 10.0. The third-order valence-corrected chi connectivity index (χ3v) is 2.84. The summed E-state index contributed by atoms with van der Waals surface area (Å²) < 4.78 is 0. The van der Waals surface area contributed by atoms with Crippen LogP contribution in [0.2, 0.25) is 0 Å². The molecule has 3 nitrogen and oxygen atoms in total. The van der Waals surface area contributed by atoms with Gasteiger partial charge in [0.05, 0.1) is 6.07 Å². The monoisotopic (exact) mass is 230 g/mol. The van der Waals surface area contributed by atoms with E-state index in [-0.39, 0.29) is 5.91 Å². The number of benzene rings is 1. The molecule has 0 fully saturated rings. The number of nitriles is 1. The summed E-state index contributed by atoms with van der Waals surface area (Å²) in [5.41, 5.74) is 3.43. The summed E-state index contributed by atoms with van der Waals surface area (Å²) in [4.78, 5) is 11.6. The summed E-state index contributed by atoms with van der Waals surface area (Å²) in [6, 6.07) is 8.15. The zero-order valence-electron chi connectivity index (χ0n) is 10.6. The van der Waals surface area contributed by atoms with Gasteiger partial charge < -0.3 is 5.32 Å². The Morgan fingerprint density at radius 1 is 1.47 bits per heavy atom. The molecule has 0 aliphatic carbocycles. The number of aryl methyl sites for hydroxylation is 2. The van der Waals surface area contributed by atoms with Crippen molar-refractivity contribution in [2.75, 3.05) is 0 Å². The second-order valence-electron chi connectivity index (χ2n) is 4.24. The minimum absolute atomic E-state index is 0.184. The summed E-state index contributed by atoms with van der Waals surface area (Å²) >= 11 is 0. The van der Waals surface area contributed by atoms with E-state index >= 15 is 0 Å². The number of nitrogens with zero attached hydrogens (tertiary/aromatic N) is 1. The average molecular weight is 230 g/mol. The van der Waals surface area contributed by atoms with Crippen molar-refractivity contribution >= 4 is 5.91 Å². The fraction of sp³-hybridized carbons (Fsp3) is 0.429. The van der Waals surface area contributed by atoms with E-state index in [0.717, 1.165) is 11.1 Å². The van der Waals surface area contributed by atoms with Gasteiger partial charge in [0, 0.05) is 6.54 Å². The van der Waals surface area contributed by atoms with E-state index in [4.69, 9.17) is 5.26 Å². The van der Waals surface area contributed by atoms with Gasteiger partial charge >= 0.3 is 0 Å². The Balaban J connectivity index is 2.65. The largest absolute Gasteiger partial charge is 0.351 e. The van der Waals surface area contributed by atoms with E-state index in [9.17, 15) is 4.79 Å². The number of hydrogen-bond donors (Lipinski definition) is 1. The topological polar surface area (TPSA) is 52.9 Å². The third-order valence-electron chi connectivity index (χ3n) is 2.84. The molecule has 0 aromatic heterocycles. The number of rotatable bonds is 4. The lowest BCUT2D eigenvalue weighted by Crippen LogP contribution is -2.29. The van der Waals surface area contributed by atoms with Crippen LogP contribution < -0.4 is 5.32 Å². The van der Waals surface area contributed by atoms with Crippen molar-refractivity contribution in [3.05, 3.63) is 34.9 Å². The zero-order valence-corrected chi connectivity index (χ0v) is 10.6. The predicted molar refractivity (Wildman–Crippen MR) is 67.2 cm³/mol. The molecule has 1 atom stereocenters. The van der Waals surface area contributed by atoms with Crippen LogP contribution >= 0.6 is 0 Å². The molecule has 0 aliphatic rings. The Morgan fingerprint density at radius 3 is 2.76 bits per heavy atom. The van der Waals surface area contributed by atoms with Gasteiger partial charge in [-0.2, -0.15) is 5.26 Å². The molecule has 0 aliphatic heterocycles. The Kier molecular flexibility index (Phi) is 4.71. The molecule has 0 radical (unpaired) electrons. The Morgan fingerprint density at radius 2 is 2.18 bits per heavy atom. The fourth-order valence-electron chi connectivity index (χ4n) is 1.63. The Bertz CT molecular complexity index is 446. The molecule has 17 heavy (non-hydrogen) atoms. The standard InChI is InChI=1S/C14H18N2O/c1-4-12(8-15)14(17)16-9-13-7-10(2)5-6-11(13)3/h5-7,12H,4,9H2,1-3H3,(H,16,17). The van der Waals surface area contributed by atoms with Gasteiger partial charge in [-0.25, -0.2) is 0 Å². The van der Waals surface area contributed by atoms with Crippen LogP contribution in [0, 0.1) is 31.1 Å². The van der Waals surface area contributed by atoms with Crippen molar-refractivity contribution in [2.45, 2.75) is 33.7 Å². The Labute approximate surface area is 102 Å². The van der Waals surface area contributed by atoms with E-state index in [0.29, 0.717) is 13.0 Å². The van der Waals surface area contributed by atoms with Gasteiger partial charge in [-0.05, 0) is 31.4 Å². The first-order valence-electron chi connectivity index (χ1n) is 5.82. The van der Waals surface area contributed by atoms with Gasteiger partial charge in [0.1, 0.15) is 5.92 Å². The highest BCUT2D eigenvalue weighted by Gasteiger charge is 2.14. The molecule has 1 amide bonds. The third kappa shape index (κ3) is 3.60. The minimum Gasteiger partial charge on any atom is -0.351 e. The molecule has 1 aromatic carbocycles. The molecule has 1 N–H and O–H groups in total. The fourth-order valence-corrected chi connectivity index (χ4v) is 1.63. The maximum Gasteiger partial charge on any atom is 0.237 e. The lowest BCUT2D eigenvalue weighted by Gasteiger charge is -2.10. The van der Waals surface area contributed by atoms with Crippen LogP contribution in [-0.4, -0.2) is 5.91 Å². The number of amides is 1. The molecule has 0 spiro atoms. The molecule has 3 heteroatoms. The molecule has 0 saturated heterocycles. The maximum atomic E-state index is 11.6. The summed E-state index contributed by atoms with van der Waals surface area (Å²) in [5, 5.41) is 11.6. The summed E-state index contributed by atoms with van der Waals surface area (Å²) in [7, 11) is 0. The van der Waals surface area contributed by atoms with Crippen molar-refractivity contribution < 1.29 is 4.79 Å². The molecular formula is C14H18N2O. The van der Waals surface area contributed by atoms with Crippen molar-refractivity contribution in [3.63, 3.8) is 0 Å². The van der Waals surface area contributed by atoms with Crippen LogP contribution in [0.15, 0.2) is 18.2 Å². The second-order valence-corrected chi connectivity index (χ2v) is 4.24. The van der Waals surface area contributed by atoms with Crippen LogP contribution in [-0.2, 0) is 11.3 Å². The van der Waals surface area contributed by atoms with Crippen molar-refractivity contribution in [1.29, 1.82) is 5.26 Å². The van der Waals surface area contributed by atoms with E-state index in [2.05, 4.69) is 11.4 Å². The number of hydrogen-bond acceptors (Lipinski definition) is 2. The average Bonchev–Trinajstić information content (AvgIpc) is 2.32. The van der Waals surface area contributed by atoms with E-state index in [1.807, 2.05) is 39.0 Å². The van der Waals surface area contributed by atoms with Gasteiger partial charge in [-0.3, -0.25) is 4.79 Å². The second kappa shape index (κ2) is 6.05. The molecule has 1 unspecified atom stereocenters. The number of carbonyl (C=O) groups is 1. The van der Waals surface area contributed by atoms with Crippen molar-refractivity contribution in [1.82, 2.24) is 5.32 Å². The predicted octanol–water partition coefficient (Wildman–Crippen LogP) is 2.47. The molecule has 1 rings (SSSR count). The molecular weight excluding hydrogens is 212 g/mol. The smallest absolute Gasteiger partial charge is 0.237 e. The van der Waals surface area contributed by atoms with Gasteiger partial charge in [0.25, 0.3) is 0 Å². The highest BCUT2D eigenvalue weighted by atomic mass is 16.1. The van der Waals surface area contributed by atoms with Crippen LogP contribution in [0.4, 0.5) is 0 Å². The summed E-state index contributed by atoms with van der Waals surface area (Å²) in [6.45, 7) is 6.37. The molecule has 0 saturated carbocycles. The highest BCUT2D eigenvalue weighted by molar-refractivity contribution is 5.80. The van der Waals surface area contributed by atoms with E-state index < -0.39 is 5.92 Å². The van der Waals surface area contributed by atoms with Crippen LogP contribution in [0.3, 0.4) is 0 Å². The Hall–Kier alpha value is -1.82. The summed E-state index contributed by atoms with van der Waals surface area (Å²) in [5.74, 6) is -0.726. The number of carbonyl (C=O) groups excluding carboxylic acids is 1. The molecule has 90 valence electrons. The summed E-state index contributed by atoms with van der Waals surface area (Å²) in [6.07, 6.45) is 0.551. The van der Waals surface area contributed by atoms with Crippen LogP contribution in [0.5, 0.6) is 0 Å². The SMILES string of the molecule is CCC(C#N)C(=O)NCc1cc(C)ccc1C. The van der Waals surface area contributed by atoms with E-state index in [1.54, 1.807) is 0 Å². The zero-order chi connectivity index (χ0) is 12.8. The van der Waals surface area contributed by atoms with Gasteiger partial charge in [0.15, 0.2) is 0 Å². The molecule has 1 aromatic rings. The lowest BCUT2D eigenvalue weighted by molar-refractivity contribution is -0.123. The van der Waals surface area contributed by atoms with Crippen LogP contribution in [0.25, 0.3) is 0 Å². The normalized spacial score (nSPS) is 11.6. The first kappa shape index (κ1) is 13.2. The van der Waals surface area contributed by atoms with Gasteiger partial charge in [0.2, 0.25) is 5.91 Å².